The second-order valence-corrected chi connectivity index (χ2v) is 7.43. The van der Waals surface area contributed by atoms with E-state index in [1.807, 2.05) is 44.2 Å². The molecule has 1 aliphatic heterocycles. The van der Waals surface area contributed by atoms with Crippen LogP contribution in [-0.2, 0) is 14.3 Å². The molecule has 0 N–H and O–H groups in total. The molecule has 0 atom stereocenters. The van der Waals surface area contributed by atoms with Crippen LogP contribution in [0.5, 0.6) is 5.75 Å². The van der Waals surface area contributed by atoms with Gasteiger partial charge >= 0.3 is 5.97 Å². The van der Waals surface area contributed by atoms with Gasteiger partial charge in [-0.25, -0.2) is 0 Å². The maximum absolute atomic E-state index is 12.6. The van der Waals surface area contributed by atoms with Crippen molar-refractivity contribution < 1.29 is 23.9 Å². The largest absolute Gasteiger partial charge is 0.497 e. The minimum Gasteiger partial charge on any atom is -0.497 e. The Morgan fingerprint density at radius 1 is 1.21 bits per heavy atom. The highest BCUT2D eigenvalue weighted by Gasteiger charge is 2.36. The highest BCUT2D eigenvalue weighted by atomic mass is 32.2. The normalized spacial score (nSPS) is 15.3. The van der Waals surface area contributed by atoms with Crippen LogP contribution < -0.4 is 4.74 Å². The number of rotatable bonds is 6. The first-order valence-electron chi connectivity index (χ1n) is 9.10. The van der Waals surface area contributed by atoms with Gasteiger partial charge in [0.15, 0.2) is 0 Å². The third-order valence-corrected chi connectivity index (χ3v) is 5.44. The van der Waals surface area contributed by atoms with Gasteiger partial charge in [-0.1, -0.05) is 6.07 Å². The lowest BCUT2D eigenvalue weighted by molar-refractivity contribution is -0.145. The zero-order valence-electron chi connectivity index (χ0n) is 16.7. The zero-order chi connectivity index (χ0) is 21.1. The van der Waals surface area contributed by atoms with Crippen molar-refractivity contribution >= 4 is 35.0 Å². The van der Waals surface area contributed by atoms with Crippen molar-refractivity contribution in [2.45, 2.75) is 20.8 Å². The van der Waals surface area contributed by atoms with E-state index in [1.165, 1.54) is 0 Å². The standard InChI is InChI=1S/C21H22N2O5S/c1-5-28-19(24)12-22-20(25)18(29-21(22)26)10-15-9-13(2)23(14(15)3)16-7-6-8-17(11-16)27-4/h6-11H,5,12H2,1-4H3. The molecule has 0 unspecified atom stereocenters. The molecular weight excluding hydrogens is 392 g/mol. The number of nitrogens with zero attached hydrogens (tertiary/aromatic N) is 2. The van der Waals surface area contributed by atoms with Crippen molar-refractivity contribution in [3.05, 3.63) is 52.2 Å². The van der Waals surface area contributed by atoms with Crippen molar-refractivity contribution in [3.63, 3.8) is 0 Å². The lowest BCUT2D eigenvalue weighted by Crippen LogP contribution is -2.34. The minimum absolute atomic E-state index is 0.196. The fourth-order valence-electron chi connectivity index (χ4n) is 3.19. The van der Waals surface area contributed by atoms with E-state index in [9.17, 15) is 14.4 Å². The summed E-state index contributed by atoms with van der Waals surface area (Å²) in [6, 6.07) is 9.64. The van der Waals surface area contributed by atoms with Crippen molar-refractivity contribution in [1.82, 2.24) is 9.47 Å². The first-order chi connectivity index (χ1) is 13.8. The molecule has 29 heavy (non-hydrogen) atoms. The van der Waals surface area contributed by atoms with Crippen molar-refractivity contribution in [3.8, 4) is 11.4 Å². The molecule has 1 aliphatic rings. The van der Waals surface area contributed by atoms with Crippen LogP contribution in [0.25, 0.3) is 11.8 Å². The maximum Gasteiger partial charge on any atom is 0.326 e. The lowest BCUT2D eigenvalue weighted by atomic mass is 10.2. The van der Waals surface area contributed by atoms with E-state index in [0.29, 0.717) is 0 Å². The smallest absolute Gasteiger partial charge is 0.326 e. The number of carbonyl (C=O) groups is 3. The first-order valence-corrected chi connectivity index (χ1v) is 9.91. The summed E-state index contributed by atoms with van der Waals surface area (Å²) in [6.07, 6.45) is 1.69. The van der Waals surface area contributed by atoms with E-state index >= 15 is 0 Å². The van der Waals surface area contributed by atoms with Gasteiger partial charge in [0.2, 0.25) is 0 Å². The molecule has 0 saturated carbocycles. The number of hydrogen-bond donors (Lipinski definition) is 0. The number of imide groups is 1. The fraction of sp³-hybridized carbons (Fsp3) is 0.286. The van der Waals surface area contributed by atoms with Crippen LogP contribution in [0.4, 0.5) is 4.79 Å². The van der Waals surface area contributed by atoms with Gasteiger partial charge in [-0.05, 0) is 62.4 Å². The number of benzene rings is 1. The van der Waals surface area contributed by atoms with Gasteiger partial charge in [-0.3, -0.25) is 19.3 Å². The van der Waals surface area contributed by atoms with Gasteiger partial charge in [0, 0.05) is 23.1 Å². The minimum atomic E-state index is -0.604. The molecule has 2 aromatic rings. The van der Waals surface area contributed by atoms with Crippen molar-refractivity contribution in [1.29, 1.82) is 0 Å². The summed E-state index contributed by atoms with van der Waals surface area (Å²) in [5.74, 6) is -0.344. The summed E-state index contributed by atoms with van der Waals surface area (Å²) in [5.41, 5.74) is 3.67. The van der Waals surface area contributed by atoms with Crippen LogP contribution in [0, 0.1) is 13.8 Å². The van der Waals surface area contributed by atoms with Crippen LogP contribution in [0.15, 0.2) is 35.2 Å². The molecule has 0 aliphatic carbocycles. The molecule has 3 rings (SSSR count). The van der Waals surface area contributed by atoms with Crippen LogP contribution in [0.1, 0.15) is 23.9 Å². The molecule has 2 amide bonds. The fourth-order valence-corrected chi connectivity index (χ4v) is 4.02. The van der Waals surface area contributed by atoms with Gasteiger partial charge in [0.25, 0.3) is 11.1 Å². The third kappa shape index (κ3) is 4.22. The average Bonchev–Trinajstić information content (AvgIpc) is 3.11. The second-order valence-electron chi connectivity index (χ2n) is 6.44. The molecule has 2 heterocycles. The SMILES string of the molecule is CCOC(=O)CN1C(=O)SC(=Cc2cc(C)n(-c3cccc(OC)c3)c2C)C1=O. The van der Waals surface area contributed by atoms with Crippen molar-refractivity contribution in [2.24, 2.45) is 0 Å². The Kier molecular flexibility index (Phi) is 6.12. The number of amides is 2. The Balaban J connectivity index is 1.90. The lowest BCUT2D eigenvalue weighted by Gasteiger charge is -2.11. The molecule has 0 radical (unpaired) electrons. The number of esters is 1. The van der Waals surface area contributed by atoms with E-state index in [2.05, 4.69) is 4.57 Å². The summed E-state index contributed by atoms with van der Waals surface area (Å²) in [6.45, 7) is 5.40. The Morgan fingerprint density at radius 3 is 2.66 bits per heavy atom. The molecule has 0 spiro atoms. The topological polar surface area (TPSA) is 77.8 Å². The Hall–Kier alpha value is -3.00. The average molecular weight is 414 g/mol. The monoisotopic (exact) mass is 414 g/mol. The zero-order valence-corrected chi connectivity index (χ0v) is 17.5. The molecule has 1 saturated heterocycles. The number of thioether (sulfide) groups is 1. The van der Waals surface area contributed by atoms with E-state index in [-0.39, 0.29) is 18.1 Å². The molecule has 7 nitrogen and oxygen atoms in total. The number of carbonyl (C=O) groups excluding carboxylic acids is 3. The number of methoxy groups -OCH3 is 1. The van der Waals surface area contributed by atoms with Crippen LogP contribution in [0.2, 0.25) is 0 Å². The highest BCUT2D eigenvalue weighted by molar-refractivity contribution is 8.18. The van der Waals surface area contributed by atoms with E-state index < -0.39 is 17.1 Å². The molecule has 1 aromatic heterocycles. The number of aromatic nitrogens is 1. The summed E-state index contributed by atoms with van der Waals surface area (Å²) in [7, 11) is 1.62. The Labute approximate surface area is 173 Å². The number of aryl methyl sites for hydroxylation is 1. The molecule has 8 heteroatoms. The van der Waals surface area contributed by atoms with Gasteiger partial charge in [0.1, 0.15) is 12.3 Å². The van der Waals surface area contributed by atoms with Crippen LogP contribution in [-0.4, -0.2) is 46.8 Å². The summed E-state index contributed by atoms with van der Waals surface area (Å²) in [4.78, 5) is 37.6. The van der Waals surface area contributed by atoms with E-state index in [1.54, 1.807) is 20.1 Å². The third-order valence-electron chi connectivity index (χ3n) is 4.53. The molecule has 1 aromatic carbocycles. The first kappa shape index (κ1) is 20.7. The number of hydrogen-bond acceptors (Lipinski definition) is 6. The molecule has 1 fully saturated rings. The maximum atomic E-state index is 12.6. The van der Waals surface area contributed by atoms with Gasteiger partial charge < -0.3 is 14.0 Å². The second kappa shape index (κ2) is 8.57. The summed E-state index contributed by atoms with van der Waals surface area (Å²) in [5, 5.41) is -0.476. The van der Waals surface area contributed by atoms with Crippen molar-refractivity contribution in [2.75, 3.05) is 20.3 Å². The quantitative estimate of drug-likeness (QED) is 0.530. The predicted molar refractivity (Wildman–Crippen MR) is 111 cm³/mol. The van der Waals surface area contributed by atoms with Crippen LogP contribution >= 0.6 is 11.8 Å². The molecule has 0 bridgehead atoms. The van der Waals surface area contributed by atoms with Gasteiger partial charge in [0.05, 0.1) is 18.6 Å². The van der Waals surface area contributed by atoms with E-state index in [0.717, 1.165) is 45.1 Å². The molecule has 152 valence electrons. The van der Waals surface area contributed by atoms with Gasteiger partial charge in [-0.15, -0.1) is 0 Å². The van der Waals surface area contributed by atoms with Crippen LogP contribution in [0.3, 0.4) is 0 Å². The summed E-state index contributed by atoms with van der Waals surface area (Å²) >= 11 is 0.824. The Bertz CT molecular complexity index is 1010. The summed E-state index contributed by atoms with van der Waals surface area (Å²) < 4.78 is 12.2. The number of ether oxygens (including phenoxy) is 2. The van der Waals surface area contributed by atoms with Gasteiger partial charge in [-0.2, -0.15) is 0 Å². The van der Waals surface area contributed by atoms with E-state index in [4.69, 9.17) is 9.47 Å². The molecular formula is C21H22N2O5S. The predicted octanol–water partition coefficient (Wildman–Crippen LogP) is 3.70. The Morgan fingerprint density at radius 2 is 1.97 bits per heavy atom. The highest BCUT2D eigenvalue weighted by Crippen LogP contribution is 2.34.